The molecule has 2 rings (SSSR count). The molecular weight excluding hydrogens is 575 g/mol. The van der Waals surface area contributed by atoms with Crippen LogP contribution in [-0.2, 0) is 0 Å². The van der Waals surface area contributed by atoms with Gasteiger partial charge in [-0.15, -0.1) is 23.5 Å². The maximum Gasteiger partial charge on any atom is 0.0809 e. The van der Waals surface area contributed by atoms with Gasteiger partial charge in [-0.05, 0) is 0 Å². The fourth-order valence-corrected chi connectivity index (χ4v) is 6.82. The third kappa shape index (κ3) is 4.79. The van der Waals surface area contributed by atoms with Gasteiger partial charge in [-0.2, -0.15) is 0 Å². The molecule has 0 aliphatic heterocycles. The summed E-state index contributed by atoms with van der Waals surface area (Å²) in [6.07, 6.45) is 0. The first-order chi connectivity index (χ1) is 11.6. The Morgan fingerprint density at radius 1 is 0.360 bits per heavy atom. The summed E-state index contributed by atoms with van der Waals surface area (Å²) in [7, 11) is 0. The summed E-state index contributed by atoms with van der Waals surface area (Å²) in [4.78, 5) is 0.960. The second-order valence-corrected chi connectivity index (χ2v) is 10.3. The van der Waals surface area contributed by atoms with Crippen LogP contribution in [0.5, 0.6) is 0 Å². The van der Waals surface area contributed by atoms with Crippen molar-refractivity contribution in [1.82, 2.24) is 0 Å². The Balaban J connectivity index is 2.29. The maximum atomic E-state index is 6.19. The second kappa shape index (κ2) is 9.69. The lowest BCUT2D eigenvalue weighted by molar-refractivity contribution is 1.45. The van der Waals surface area contributed by atoms with Crippen LogP contribution in [0.1, 0.15) is 0 Å². The molecule has 0 aromatic heterocycles. The molecule has 0 bridgehead atoms. The molecule has 12 heteroatoms. The normalized spacial score (nSPS) is 11.3. The molecule has 0 N–H and O–H groups in total. The van der Waals surface area contributed by atoms with Gasteiger partial charge in [0.1, 0.15) is 0 Å². The zero-order valence-electron chi connectivity index (χ0n) is 11.3. The van der Waals surface area contributed by atoms with Crippen LogP contribution in [0.15, 0.2) is 9.79 Å². The topological polar surface area (TPSA) is 0 Å². The average Bonchev–Trinajstić information content (AvgIpc) is 2.60. The van der Waals surface area contributed by atoms with E-state index in [-0.39, 0.29) is 50.2 Å². The summed E-state index contributed by atoms with van der Waals surface area (Å²) in [5.41, 5.74) is 0. The number of rotatable bonds is 4. The van der Waals surface area contributed by atoms with Crippen molar-refractivity contribution in [2.75, 3.05) is 5.08 Å². The second-order valence-electron chi connectivity index (χ2n) is 4.20. The van der Waals surface area contributed by atoms with Crippen LogP contribution in [0.3, 0.4) is 0 Å². The molecule has 0 aliphatic carbocycles. The predicted octanol–water partition coefficient (Wildman–Crippen LogP) is 11.1. The van der Waals surface area contributed by atoms with Gasteiger partial charge < -0.3 is 0 Å². The molecule has 0 saturated heterocycles. The molecule has 0 atom stereocenters. The number of hydrogen-bond acceptors (Lipinski definition) is 2. The van der Waals surface area contributed by atoms with Gasteiger partial charge in [-0.25, -0.2) is 0 Å². The zero-order valence-corrected chi connectivity index (χ0v) is 20.5. The molecule has 0 nitrogen and oxygen atoms in total. The standard InChI is InChI=1S/C13H2Cl10S2/c14-2-4(16)8(20)12(9(21)5(2)17)24-1-25-13-10(22)6(18)3(15)7(19)11(13)23/h1H2. The summed E-state index contributed by atoms with van der Waals surface area (Å²) in [6, 6.07) is 0. The van der Waals surface area contributed by atoms with Gasteiger partial charge in [0, 0.05) is 14.9 Å². The van der Waals surface area contributed by atoms with Gasteiger partial charge in [0.15, 0.2) is 0 Å². The molecular formula is C13H2Cl10S2. The van der Waals surface area contributed by atoms with Crippen LogP contribution < -0.4 is 0 Å². The number of thioether (sulfide) groups is 2. The van der Waals surface area contributed by atoms with E-state index < -0.39 is 0 Å². The summed E-state index contributed by atoms with van der Waals surface area (Å²) >= 11 is 63.4. The monoisotopic (exact) mass is 572 g/mol. The van der Waals surface area contributed by atoms with E-state index in [1.165, 1.54) is 23.5 Å². The molecule has 0 amide bonds. The predicted molar refractivity (Wildman–Crippen MR) is 120 cm³/mol. The van der Waals surface area contributed by atoms with Crippen LogP contribution >= 0.6 is 140 Å². The summed E-state index contributed by atoms with van der Waals surface area (Å²) in [5.74, 6) is 0. The van der Waals surface area contributed by atoms with E-state index in [1.54, 1.807) is 0 Å². The summed E-state index contributed by atoms with van der Waals surface area (Å²) in [5, 5.41) is 1.91. The molecule has 0 unspecified atom stereocenters. The Morgan fingerprint density at radius 2 is 0.560 bits per heavy atom. The van der Waals surface area contributed by atoms with Crippen LogP contribution in [0.2, 0.25) is 50.2 Å². The van der Waals surface area contributed by atoms with E-state index in [4.69, 9.17) is 116 Å². The quantitative estimate of drug-likeness (QED) is 0.154. The van der Waals surface area contributed by atoms with Crippen LogP contribution in [0, 0.1) is 0 Å². The highest BCUT2D eigenvalue weighted by molar-refractivity contribution is 8.16. The highest BCUT2D eigenvalue weighted by Crippen LogP contribution is 2.51. The molecule has 2 aromatic carbocycles. The number of hydrogen-bond donors (Lipinski definition) is 0. The van der Waals surface area contributed by atoms with Crippen molar-refractivity contribution in [3.63, 3.8) is 0 Å². The van der Waals surface area contributed by atoms with E-state index in [9.17, 15) is 0 Å². The van der Waals surface area contributed by atoms with E-state index in [0.29, 0.717) is 14.9 Å². The van der Waals surface area contributed by atoms with Crippen LogP contribution in [0.25, 0.3) is 0 Å². The first kappa shape index (κ1) is 23.3. The third-order valence-corrected chi connectivity index (χ3v) is 10.1. The minimum atomic E-state index is 0.0951. The van der Waals surface area contributed by atoms with Crippen molar-refractivity contribution in [1.29, 1.82) is 0 Å². The molecule has 0 saturated carbocycles. The molecule has 0 aliphatic rings. The van der Waals surface area contributed by atoms with Gasteiger partial charge in [-0.3, -0.25) is 0 Å². The lowest BCUT2D eigenvalue weighted by Crippen LogP contribution is -1.87. The summed E-state index contributed by atoms with van der Waals surface area (Å²) < 4.78 is 0. The SMILES string of the molecule is Clc1c(Cl)c(Cl)c(SCSc2c(Cl)c(Cl)c(Cl)c(Cl)c2Cl)c(Cl)c1Cl. The number of halogens is 10. The molecule has 0 radical (unpaired) electrons. The minimum absolute atomic E-state index is 0.0951. The zero-order chi connectivity index (χ0) is 19.0. The van der Waals surface area contributed by atoms with E-state index >= 15 is 0 Å². The third-order valence-electron chi connectivity index (χ3n) is 2.75. The van der Waals surface area contributed by atoms with Crippen molar-refractivity contribution < 1.29 is 0 Å². The van der Waals surface area contributed by atoms with Gasteiger partial charge in [0.2, 0.25) is 0 Å². The summed E-state index contributed by atoms with van der Waals surface area (Å²) in [6.45, 7) is 0. The van der Waals surface area contributed by atoms with Crippen molar-refractivity contribution in [2.24, 2.45) is 0 Å². The molecule has 136 valence electrons. The Bertz CT molecular complexity index is 724. The van der Waals surface area contributed by atoms with Crippen molar-refractivity contribution >= 4 is 140 Å². The van der Waals surface area contributed by atoms with Gasteiger partial charge >= 0.3 is 0 Å². The van der Waals surface area contributed by atoms with Gasteiger partial charge in [0.05, 0.1) is 50.2 Å². The molecule has 2 aromatic rings. The van der Waals surface area contributed by atoms with Crippen molar-refractivity contribution in [2.45, 2.75) is 9.79 Å². The molecule has 0 fully saturated rings. The van der Waals surface area contributed by atoms with E-state index in [0.717, 1.165) is 0 Å². The number of benzene rings is 2. The first-order valence-corrected chi connectivity index (χ1v) is 11.6. The van der Waals surface area contributed by atoms with E-state index in [1.807, 2.05) is 0 Å². The fraction of sp³-hybridized carbons (Fsp3) is 0.0769. The largest absolute Gasteiger partial charge is 0.112 e. The van der Waals surface area contributed by atoms with Crippen LogP contribution in [-0.4, -0.2) is 5.08 Å². The lowest BCUT2D eigenvalue weighted by Gasteiger charge is -2.14. The molecule has 0 heterocycles. The first-order valence-electron chi connectivity index (χ1n) is 5.88. The fourth-order valence-electron chi connectivity index (χ4n) is 1.57. The van der Waals surface area contributed by atoms with Crippen LogP contribution in [0.4, 0.5) is 0 Å². The smallest absolute Gasteiger partial charge is 0.0809 e. The highest BCUT2D eigenvalue weighted by atomic mass is 35.5. The van der Waals surface area contributed by atoms with E-state index in [2.05, 4.69) is 0 Å². The van der Waals surface area contributed by atoms with Gasteiger partial charge in [0.25, 0.3) is 0 Å². The molecule has 25 heavy (non-hydrogen) atoms. The van der Waals surface area contributed by atoms with Gasteiger partial charge in [-0.1, -0.05) is 116 Å². The average molecular weight is 577 g/mol. The van der Waals surface area contributed by atoms with Crippen molar-refractivity contribution in [3.05, 3.63) is 50.2 Å². The minimum Gasteiger partial charge on any atom is -0.112 e. The maximum absolute atomic E-state index is 6.19. The highest BCUT2D eigenvalue weighted by Gasteiger charge is 2.22. The molecule has 0 spiro atoms. The Morgan fingerprint density at radius 3 is 0.800 bits per heavy atom. The lowest BCUT2D eigenvalue weighted by atomic mass is 10.3. The Hall–Kier alpha value is 2.04. The Labute approximate surface area is 202 Å². The van der Waals surface area contributed by atoms with Crippen molar-refractivity contribution in [3.8, 4) is 0 Å². The Kier molecular flexibility index (Phi) is 9.04.